The van der Waals surface area contributed by atoms with Gasteiger partial charge in [0.05, 0.1) is 17.1 Å². The zero-order valence-electron chi connectivity index (χ0n) is 44.3. The van der Waals surface area contributed by atoms with Crippen LogP contribution in [0.1, 0.15) is 128 Å². The maximum absolute atomic E-state index is 10.7. The van der Waals surface area contributed by atoms with E-state index in [0.29, 0.717) is 5.78 Å². The van der Waals surface area contributed by atoms with Crippen LogP contribution in [-0.4, -0.2) is 158 Å². The van der Waals surface area contributed by atoms with E-state index in [9.17, 15) is 45.3 Å². The van der Waals surface area contributed by atoms with Gasteiger partial charge in [0.15, 0.2) is 0 Å². The summed E-state index contributed by atoms with van der Waals surface area (Å²) in [6.45, 7) is 0. The summed E-state index contributed by atoms with van der Waals surface area (Å²) in [7, 11) is 8.78. The van der Waals surface area contributed by atoms with Gasteiger partial charge in [0.1, 0.15) is 22.6 Å². The summed E-state index contributed by atoms with van der Waals surface area (Å²) in [5, 5.41) is 50.3. The van der Waals surface area contributed by atoms with E-state index in [2.05, 4.69) is 40.5 Å². The van der Waals surface area contributed by atoms with Crippen molar-refractivity contribution in [3.05, 3.63) is 60.5 Å². The van der Waals surface area contributed by atoms with E-state index < -0.39 is 24.6 Å². The summed E-state index contributed by atoms with van der Waals surface area (Å²) in [5.41, 5.74) is 16.4. The van der Waals surface area contributed by atoms with Crippen LogP contribution in [0.4, 0.5) is 25.2 Å². The number of carbonyl (C=O) groups excluding carboxylic acids is 1. The topological polar surface area (TPSA) is 170 Å². The number of rotatable bonds is 3. The molecule has 4 aliphatic carbocycles. The molecule has 0 radical (unpaired) electrons. The fourth-order valence-electron chi connectivity index (χ4n) is 9.22. The molecule has 0 aromatic heterocycles. The van der Waals surface area contributed by atoms with Crippen molar-refractivity contribution in [3.63, 3.8) is 0 Å². The van der Waals surface area contributed by atoms with Crippen LogP contribution in [-0.2, 0) is 4.79 Å². The smallest absolute Gasteiger partial charge is 0.132 e. The van der Waals surface area contributed by atoms with E-state index in [-0.39, 0.29) is 0 Å². The predicted molar refractivity (Wildman–Crippen MR) is 271 cm³/mol. The molecular formula is C46H87F6N15O4P-. The fourth-order valence-corrected chi connectivity index (χ4v) is 9.22. The van der Waals surface area contributed by atoms with Crippen LogP contribution in [0.3, 0.4) is 0 Å². The molecule has 9 aliphatic rings. The maximum atomic E-state index is 10.5. The summed E-state index contributed by atoms with van der Waals surface area (Å²) < 4.78 is 59.2. The summed E-state index contributed by atoms with van der Waals surface area (Å²) in [4.78, 5) is 10.5. The number of nitrogens with zero attached hydrogens (tertiary/aromatic N) is 10. The van der Waals surface area contributed by atoms with Crippen molar-refractivity contribution in [3.8, 4) is 12.8 Å². The largest absolute Gasteiger partial charge is 0.300 e. The van der Waals surface area contributed by atoms with Gasteiger partial charge in [-0.1, -0.05) is 64.2 Å². The number of nitrogens with one attached hydrogen (secondary N) is 5. The van der Waals surface area contributed by atoms with Crippen molar-refractivity contribution < 1.29 is 45.3 Å². The number of hydrogen-bond donors (Lipinski definition) is 8. The second kappa shape index (κ2) is 27.2. The van der Waals surface area contributed by atoms with Gasteiger partial charge in [-0.25, -0.2) is 0 Å². The number of carbonyl (C=O) groups is 1. The Labute approximate surface area is 424 Å². The fraction of sp³-hybridized carbons (Fsp3) is 0.717. The van der Waals surface area contributed by atoms with E-state index in [4.69, 9.17) is 0 Å². The van der Waals surface area contributed by atoms with Crippen LogP contribution in [0, 0.1) is 12.8 Å². The van der Waals surface area contributed by atoms with Gasteiger partial charge in [-0.05, 0) is 51.4 Å². The Hall–Kier alpha value is -4.38. The first kappa shape index (κ1) is 63.7. The Bertz CT molecular complexity index is 1660. The van der Waals surface area contributed by atoms with Crippen LogP contribution < -0.4 is 27.7 Å². The van der Waals surface area contributed by atoms with Gasteiger partial charge in [0.25, 0.3) is 0 Å². The minimum Gasteiger partial charge on any atom is -0.300 e. The van der Waals surface area contributed by atoms with Crippen molar-refractivity contribution in [1.29, 1.82) is 0 Å². The second-order valence-electron chi connectivity index (χ2n) is 19.4. The molecule has 72 heavy (non-hydrogen) atoms. The quantitative estimate of drug-likeness (QED) is 0.0816. The Morgan fingerprint density at radius 1 is 0.403 bits per heavy atom. The van der Waals surface area contributed by atoms with Crippen molar-refractivity contribution in [1.82, 2.24) is 77.8 Å². The number of likely N-dealkylation sites (N-methyl/N-ethyl adjacent to an activating group) is 3. The molecule has 0 amide bonds. The molecule has 4 saturated carbocycles. The Morgan fingerprint density at radius 2 is 0.611 bits per heavy atom. The number of hydrazine groups is 10. The third kappa shape index (κ3) is 24.6. The van der Waals surface area contributed by atoms with E-state index in [1.807, 2.05) is 164 Å². The Kier molecular flexibility index (Phi) is 24.1. The molecule has 0 spiro atoms. The Balaban J connectivity index is 0.000000293. The minimum absolute atomic E-state index is 0.464. The van der Waals surface area contributed by atoms with Gasteiger partial charge < -0.3 is 15.3 Å². The minimum atomic E-state index is -10.7. The van der Waals surface area contributed by atoms with Crippen molar-refractivity contribution in [2.45, 2.75) is 145 Å². The molecule has 4 fully saturated rings. The second-order valence-corrected chi connectivity index (χ2v) is 21.3. The van der Waals surface area contributed by atoms with E-state index >= 15 is 0 Å². The molecule has 26 heteroatoms. The molecule has 0 aromatic rings. The van der Waals surface area contributed by atoms with Crippen molar-refractivity contribution in [2.75, 3.05) is 70.5 Å². The van der Waals surface area contributed by atoms with Gasteiger partial charge in [-0.3, -0.25) is 54.9 Å². The molecule has 5 aliphatic heterocycles. The van der Waals surface area contributed by atoms with Gasteiger partial charge >= 0.3 is 33.0 Å². The third-order valence-corrected chi connectivity index (χ3v) is 12.5. The monoisotopic (exact) mass is 1060 g/mol. The molecule has 0 aromatic carbocycles. The maximum Gasteiger partial charge on any atom is 0.132 e. The average molecular weight is 1060 g/mol. The number of terminal acetylenes is 1. The van der Waals surface area contributed by atoms with Gasteiger partial charge in [-0.15, -0.1) is 40.5 Å². The van der Waals surface area contributed by atoms with Crippen LogP contribution in [0.2, 0.25) is 0 Å². The summed E-state index contributed by atoms with van der Waals surface area (Å²) in [6.07, 6.45) is 42.8. The molecule has 0 unspecified atom stereocenters. The van der Waals surface area contributed by atoms with Crippen molar-refractivity contribution >= 4 is 13.6 Å². The van der Waals surface area contributed by atoms with Crippen LogP contribution in [0.15, 0.2) is 60.5 Å². The molecule has 0 saturated heterocycles. The molecular weight excluding hydrogens is 972 g/mol. The molecule has 5 heterocycles. The van der Waals surface area contributed by atoms with Crippen LogP contribution >= 0.6 is 7.81 Å². The average Bonchev–Trinajstić information content (AvgIpc) is 4.13. The molecule has 0 bridgehead atoms. The number of hydrogen-bond acceptors (Lipinski definition) is 19. The first-order valence-electron chi connectivity index (χ1n) is 24.5. The third-order valence-electron chi connectivity index (χ3n) is 12.5. The predicted octanol–water partition coefficient (Wildman–Crippen LogP) is 7.12. The van der Waals surface area contributed by atoms with E-state index in [1.165, 1.54) is 25.7 Å². The van der Waals surface area contributed by atoms with Gasteiger partial charge in [0.2, 0.25) is 0 Å². The normalized spacial score (nSPS) is 23.7. The van der Waals surface area contributed by atoms with Gasteiger partial charge in [0, 0.05) is 127 Å². The van der Waals surface area contributed by atoms with Crippen LogP contribution in [0.5, 0.6) is 0 Å². The zero-order valence-corrected chi connectivity index (χ0v) is 45.2. The molecule has 19 nitrogen and oxygen atoms in total. The van der Waals surface area contributed by atoms with E-state index in [1.54, 1.807) is 0 Å². The summed E-state index contributed by atoms with van der Waals surface area (Å²) in [5.74, 6) is 0.464. The number of halogens is 6. The zero-order chi connectivity index (χ0) is 54.6. The van der Waals surface area contributed by atoms with E-state index in [0.717, 1.165) is 120 Å². The van der Waals surface area contributed by atoms with Crippen molar-refractivity contribution in [2.24, 2.45) is 0 Å². The van der Waals surface area contributed by atoms with Gasteiger partial charge in [-0.2, -0.15) is 0 Å². The molecule has 8 N–H and O–H groups in total. The SMILES string of the molecule is C#C.CN1C=C(C2(O)CCCCC2)N(C)N1.CN1C=C(C2(O)CCCCC2)N(C)N1.CN1C=C(C2(O)CCCCC2)N(C)N1.CN1C=CN(C)N1.CN1C=CN(C)N1.F[P-](F)(F)(F)(F)F.O=C1CCCCC1. The molecule has 418 valence electrons. The summed E-state index contributed by atoms with van der Waals surface area (Å²) in [6, 6.07) is 0. The van der Waals surface area contributed by atoms with Crippen LogP contribution in [0.25, 0.3) is 0 Å². The summed E-state index contributed by atoms with van der Waals surface area (Å²) >= 11 is 0. The molecule has 9 rings (SSSR count). The first-order valence-corrected chi connectivity index (χ1v) is 26.5. The standard InChI is InChI=1S/3C10H19N3O.C6H10O.2C4H9N3.C2H2.F6P/c3*1-12-8-9(13(2)11-12)10(14)6-4-3-5-7-10;7-6-4-2-1-3-5-6;2*1-6-3-4-7(2)5-6;1-2;1-7(2,3,4,5)6/h3*8,11,14H,3-7H2,1-2H3;1-5H2;2*3-5H,1-2H3;1-2H;/q;;;;;;;-1. The molecule has 0 atom stereocenters. The number of Topliss-reactive ketones (excluding diaryl/α,β-unsaturated/α-hetero) is 1. The Morgan fingerprint density at radius 3 is 0.750 bits per heavy atom. The first-order chi connectivity index (χ1) is 33.3. The number of aliphatic hydroxyl groups is 3. The number of ketones is 1.